The molecule has 3 N–H and O–H groups in total. The van der Waals surface area contributed by atoms with Gasteiger partial charge in [-0.25, -0.2) is 0 Å². The van der Waals surface area contributed by atoms with Crippen LogP contribution in [0.2, 0.25) is 0 Å². The van der Waals surface area contributed by atoms with Crippen molar-refractivity contribution in [2.45, 2.75) is 57.9 Å². The van der Waals surface area contributed by atoms with E-state index in [0.29, 0.717) is 23.1 Å². The van der Waals surface area contributed by atoms with Crippen molar-refractivity contribution in [2.75, 3.05) is 18.4 Å². The minimum atomic E-state index is 0.00958. The summed E-state index contributed by atoms with van der Waals surface area (Å²) in [5.41, 5.74) is 8.61. The molecular weight excluding hydrogens is 338 g/mol. The van der Waals surface area contributed by atoms with Gasteiger partial charge in [-0.2, -0.15) is 0 Å². The number of anilines is 1. The van der Waals surface area contributed by atoms with Crippen molar-refractivity contribution in [3.05, 3.63) is 29.3 Å². The van der Waals surface area contributed by atoms with E-state index >= 15 is 0 Å². The zero-order chi connectivity index (χ0) is 19.0. The molecule has 27 heavy (non-hydrogen) atoms. The highest BCUT2D eigenvalue weighted by atomic mass is 16.2. The molecule has 2 atom stereocenters. The van der Waals surface area contributed by atoms with Gasteiger partial charge in [0.1, 0.15) is 0 Å². The number of nitrogens with two attached hydrogens (primary N) is 1. The van der Waals surface area contributed by atoms with Gasteiger partial charge in [0.05, 0.1) is 11.3 Å². The van der Waals surface area contributed by atoms with Crippen LogP contribution in [0.4, 0.5) is 5.69 Å². The van der Waals surface area contributed by atoms with Crippen molar-refractivity contribution in [3.8, 4) is 0 Å². The summed E-state index contributed by atoms with van der Waals surface area (Å²) in [6, 6.07) is 5.98. The first-order valence-corrected chi connectivity index (χ1v) is 10.5. The highest BCUT2D eigenvalue weighted by Crippen LogP contribution is 2.42. The van der Waals surface area contributed by atoms with Crippen molar-refractivity contribution < 1.29 is 9.59 Å². The molecule has 0 spiro atoms. The second kappa shape index (κ2) is 7.63. The summed E-state index contributed by atoms with van der Waals surface area (Å²) in [5, 5.41) is 3.10. The van der Waals surface area contributed by atoms with Crippen LogP contribution in [0.3, 0.4) is 0 Å². The molecule has 1 saturated heterocycles. The van der Waals surface area contributed by atoms with Gasteiger partial charge in [-0.15, -0.1) is 0 Å². The monoisotopic (exact) mass is 369 g/mol. The van der Waals surface area contributed by atoms with E-state index in [2.05, 4.69) is 5.32 Å². The largest absolute Gasteiger partial charge is 0.339 e. The summed E-state index contributed by atoms with van der Waals surface area (Å²) in [6.45, 7) is 3.57. The summed E-state index contributed by atoms with van der Waals surface area (Å²) in [5.74, 6) is 1.05. The molecule has 3 aliphatic rings. The van der Waals surface area contributed by atoms with Gasteiger partial charge in [-0.05, 0) is 68.9 Å². The van der Waals surface area contributed by atoms with Crippen LogP contribution in [-0.2, 0) is 4.79 Å². The molecular formula is C22H31N3O2. The van der Waals surface area contributed by atoms with Gasteiger partial charge in [0.2, 0.25) is 5.91 Å². The number of benzene rings is 1. The maximum absolute atomic E-state index is 13.0. The van der Waals surface area contributed by atoms with Crippen molar-refractivity contribution in [1.82, 2.24) is 4.90 Å². The summed E-state index contributed by atoms with van der Waals surface area (Å²) in [6.07, 6.45) is 7.41. The van der Waals surface area contributed by atoms with Crippen LogP contribution in [0.5, 0.6) is 0 Å². The Morgan fingerprint density at radius 2 is 1.74 bits per heavy atom. The van der Waals surface area contributed by atoms with Crippen LogP contribution in [0.15, 0.2) is 18.2 Å². The highest BCUT2D eigenvalue weighted by molar-refractivity contribution is 6.05. The molecule has 1 aromatic rings. The lowest BCUT2D eigenvalue weighted by molar-refractivity contribution is -0.122. The second-order valence-corrected chi connectivity index (χ2v) is 8.68. The molecule has 1 aliphatic heterocycles. The lowest BCUT2D eigenvalue weighted by Gasteiger charge is -2.43. The maximum atomic E-state index is 13.0. The first-order chi connectivity index (χ1) is 13.0. The third-order valence-corrected chi connectivity index (χ3v) is 6.92. The van der Waals surface area contributed by atoms with Gasteiger partial charge >= 0.3 is 0 Å². The van der Waals surface area contributed by atoms with Gasteiger partial charge in [0.25, 0.3) is 5.91 Å². The average molecular weight is 370 g/mol. The number of likely N-dealkylation sites (tertiary alicyclic amines) is 1. The van der Waals surface area contributed by atoms with Crippen molar-refractivity contribution in [2.24, 2.45) is 23.5 Å². The normalized spacial score (nSPS) is 30.2. The van der Waals surface area contributed by atoms with E-state index in [9.17, 15) is 9.59 Å². The number of carbonyl (C=O) groups is 2. The molecule has 1 aromatic carbocycles. The van der Waals surface area contributed by atoms with E-state index in [1.165, 1.54) is 6.42 Å². The SMILES string of the molecule is Cc1cccc(NC(=O)C2CC3CCCC(C2)C3N)c1C(=O)N1CCCC1. The third-order valence-electron chi connectivity index (χ3n) is 6.92. The fourth-order valence-corrected chi connectivity index (χ4v) is 5.37. The molecule has 2 unspecified atom stereocenters. The smallest absolute Gasteiger partial charge is 0.256 e. The quantitative estimate of drug-likeness (QED) is 0.858. The summed E-state index contributed by atoms with van der Waals surface area (Å²) in [7, 11) is 0. The summed E-state index contributed by atoms with van der Waals surface area (Å²) in [4.78, 5) is 27.9. The van der Waals surface area contributed by atoms with Gasteiger partial charge in [0, 0.05) is 25.0 Å². The Balaban J connectivity index is 1.51. The third kappa shape index (κ3) is 3.62. The Kier molecular flexibility index (Phi) is 5.22. The van der Waals surface area contributed by atoms with Crippen molar-refractivity contribution >= 4 is 17.5 Å². The van der Waals surface area contributed by atoms with Gasteiger partial charge in [-0.3, -0.25) is 9.59 Å². The molecule has 1 heterocycles. The fraction of sp³-hybridized carbons (Fsp3) is 0.636. The fourth-order valence-electron chi connectivity index (χ4n) is 5.37. The number of nitrogens with one attached hydrogen (secondary N) is 1. The van der Waals surface area contributed by atoms with Crippen LogP contribution in [0.1, 0.15) is 60.9 Å². The number of fused-ring (bicyclic) bond motifs is 2. The predicted octanol–water partition coefficient (Wildman–Crippen LogP) is 3.32. The molecule has 0 radical (unpaired) electrons. The summed E-state index contributed by atoms with van der Waals surface area (Å²) >= 11 is 0. The summed E-state index contributed by atoms with van der Waals surface area (Å²) < 4.78 is 0. The number of aryl methyl sites for hydroxylation is 1. The Bertz CT molecular complexity index is 712. The topological polar surface area (TPSA) is 75.4 Å². The standard InChI is InChI=1S/C22H31N3O2/c1-14-6-4-9-18(19(14)22(27)25-10-2-3-11-25)24-21(26)17-12-15-7-5-8-16(13-17)20(15)23/h4,6,9,15-17,20H,2-3,5,7-8,10-13,23H2,1H3,(H,24,26). The highest BCUT2D eigenvalue weighted by Gasteiger charge is 2.40. The lowest BCUT2D eigenvalue weighted by Crippen LogP contribution is -2.48. The number of nitrogens with zero attached hydrogens (tertiary/aromatic N) is 1. The molecule has 5 heteroatoms. The second-order valence-electron chi connectivity index (χ2n) is 8.68. The van der Waals surface area contributed by atoms with E-state index in [4.69, 9.17) is 5.73 Å². The maximum Gasteiger partial charge on any atom is 0.256 e. The van der Waals surface area contributed by atoms with Gasteiger partial charge < -0.3 is 16.0 Å². The number of hydrogen-bond acceptors (Lipinski definition) is 3. The Morgan fingerprint density at radius 3 is 2.41 bits per heavy atom. The van der Waals surface area contributed by atoms with Gasteiger partial charge in [0.15, 0.2) is 0 Å². The van der Waals surface area contributed by atoms with E-state index in [1.54, 1.807) is 0 Å². The van der Waals surface area contributed by atoms with E-state index in [1.807, 2.05) is 30.0 Å². The zero-order valence-corrected chi connectivity index (χ0v) is 16.2. The Hall–Kier alpha value is -1.88. The van der Waals surface area contributed by atoms with E-state index in [0.717, 1.165) is 57.2 Å². The molecule has 5 nitrogen and oxygen atoms in total. The minimum Gasteiger partial charge on any atom is -0.339 e. The van der Waals surface area contributed by atoms with Crippen LogP contribution in [0, 0.1) is 24.7 Å². The average Bonchev–Trinajstić information content (AvgIpc) is 3.16. The van der Waals surface area contributed by atoms with Crippen LogP contribution in [0.25, 0.3) is 0 Å². The van der Waals surface area contributed by atoms with Crippen LogP contribution >= 0.6 is 0 Å². The minimum absolute atomic E-state index is 0.00958. The molecule has 3 fully saturated rings. The van der Waals surface area contributed by atoms with E-state index < -0.39 is 0 Å². The van der Waals surface area contributed by atoms with Crippen LogP contribution < -0.4 is 11.1 Å². The molecule has 2 bridgehead atoms. The molecule has 2 aliphatic carbocycles. The van der Waals surface area contributed by atoms with Gasteiger partial charge in [-0.1, -0.05) is 18.6 Å². The number of rotatable bonds is 3. The Labute approximate surface area is 161 Å². The molecule has 2 saturated carbocycles. The van der Waals surface area contributed by atoms with E-state index in [-0.39, 0.29) is 23.8 Å². The molecule has 2 amide bonds. The predicted molar refractivity (Wildman–Crippen MR) is 106 cm³/mol. The molecule has 4 rings (SSSR count). The van der Waals surface area contributed by atoms with Crippen molar-refractivity contribution in [3.63, 3.8) is 0 Å². The molecule has 0 aromatic heterocycles. The number of hydrogen-bond donors (Lipinski definition) is 2. The first kappa shape index (κ1) is 18.5. The van der Waals surface area contributed by atoms with Crippen LogP contribution in [-0.4, -0.2) is 35.8 Å². The van der Waals surface area contributed by atoms with Crippen molar-refractivity contribution in [1.29, 1.82) is 0 Å². The number of carbonyl (C=O) groups excluding carboxylic acids is 2. The zero-order valence-electron chi connectivity index (χ0n) is 16.2. The molecule has 146 valence electrons. The first-order valence-electron chi connectivity index (χ1n) is 10.5. The lowest BCUT2D eigenvalue weighted by atomic mass is 9.65. The number of amides is 2. The Morgan fingerprint density at radius 1 is 1.07 bits per heavy atom.